The Morgan fingerprint density at radius 3 is 2.72 bits per heavy atom. The molecule has 1 amide bonds. The Balaban J connectivity index is 0.00000289. The van der Waals surface area contributed by atoms with Gasteiger partial charge >= 0.3 is 0 Å². The Labute approximate surface area is 113 Å². The van der Waals surface area contributed by atoms with E-state index in [1.165, 1.54) is 7.11 Å². The van der Waals surface area contributed by atoms with E-state index in [0.29, 0.717) is 6.54 Å². The van der Waals surface area contributed by atoms with Crippen LogP contribution in [0.4, 0.5) is 0 Å². The molecule has 0 saturated heterocycles. The van der Waals surface area contributed by atoms with E-state index in [4.69, 9.17) is 15.2 Å². The minimum atomic E-state index is -0.597. The van der Waals surface area contributed by atoms with Crippen molar-refractivity contribution in [3.05, 3.63) is 29.8 Å². The summed E-state index contributed by atoms with van der Waals surface area (Å²) in [5.74, 6) is 0.552. The van der Waals surface area contributed by atoms with Crippen LogP contribution in [-0.2, 0) is 16.1 Å². The molecule has 0 aliphatic rings. The molecule has 3 N–H and O–H groups in total. The van der Waals surface area contributed by atoms with Crippen LogP contribution in [0.1, 0.15) is 5.56 Å². The zero-order valence-corrected chi connectivity index (χ0v) is 11.3. The van der Waals surface area contributed by atoms with Crippen molar-refractivity contribution in [1.82, 2.24) is 5.32 Å². The quantitative estimate of drug-likeness (QED) is 0.801. The van der Waals surface area contributed by atoms with Gasteiger partial charge in [-0.1, -0.05) is 12.1 Å². The molecule has 0 aliphatic heterocycles. The fourth-order valence-corrected chi connectivity index (χ4v) is 1.40. The highest BCUT2D eigenvalue weighted by Gasteiger charge is 2.14. The number of carbonyl (C=O) groups excluding carboxylic acids is 1. The number of methoxy groups -OCH3 is 2. The first-order valence-corrected chi connectivity index (χ1v) is 5.34. The lowest BCUT2D eigenvalue weighted by molar-refractivity contribution is -0.130. The van der Waals surface area contributed by atoms with Gasteiger partial charge in [0.15, 0.2) is 0 Å². The molecule has 0 saturated carbocycles. The Morgan fingerprint density at radius 2 is 2.17 bits per heavy atom. The van der Waals surface area contributed by atoms with E-state index in [-0.39, 0.29) is 24.9 Å². The van der Waals surface area contributed by atoms with Crippen LogP contribution in [0.15, 0.2) is 24.3 Å². The highest BCUT2D eigenvalue weighted by Crippen LogP contribution is 2.12. The number of hydrogen-bond donors (Lipinski definition) is 2. The van der Waals surface area contributed by atoms with Crippen molar-refractivity contribution in [2.24, 2.45) is 5.73 Å². The number of amides is 1. The van der Waals surface area contributed by atoms with Crippen molar-refractivity contribution >= 4 is 18.3 Å². The van der Waals surface area contributed by atoms with Gasteiger partial charge in [-0.25, -0.2) is 0 Å². The summed E-state index contributed by atoms with van der Waals surface area (Å²) in [5.41, 5.74) is 6.36. The summed E-state index contributed by atoms with van der Waals surface area (Å²) in [6.45, 7) is 0.594. The normalized spacial score (nSPS) is 11.3. The summed E-state index contributed by atoms with van der Waals surface area (Å²) in [6, 6.07) is 7.50. The third kappa shape index (κ3) is 4.91. The number of carbonyl (C=O) groups is 1. The molecule has 0 heterocycles. The van der Waals surface area contributed by atoms with Gasteiger partial charge in [-0.3, -0.25) is 4.79 Å². The first-order chi connectivity index (χ1) is 8.21. The summed E-state index contributed by atoms with van der Waals surface area (Å²) in [4.78, 5) is 11.6. The van der Waals surface area contributed by atoms with Crippen molar-refractivity contribution in [3.8, 4) is 5.75 Å². The first-order valence-electron chi connectivity index (χ1n) is 5.34. The number of halogens is 1. The van der Waals surface area contributed by atoms with Crippen LogP contribution in [-0.4, -0.2) is 32.8 Å². The van der Waals surface area contributed by atoms with Crippen LogP contribution in [0.25, 0.3) is 0 Å². The Bertz CT molecular complexity index is 370. The van der Waals surface area contributed by atoms with Crippen LogP contribution in [0, 0.1) is 0 Å². The van der Waals surface area contributed by atoms with E-state index < -0.39 is 6.10 Å². The van der Waals surface area contributed by atoms with Gasteiger partial charge in [0.25, 0.3) is 5.91 Å². The van der Waals surface area contributed by atoms with Gasteiger partial charge in [0, 0.05) is 20.2 Å². The zero-order chi connectivity index (χ0) is 12.7. The minimum Gasteiger partial charge on any atom is -0.497 e. The van der Waals surface area contributed by atoms with Crippen molar-refractivity contribution in [2.45, 2.75) is 12.6 Å². The van der Waals surface area contributed by atoms with Crippen molar-refractivity contribution in [2.75, 3.05) is 20.8 Å². The van der Waals surface area contributed by atoms with Crippen LogP contribution >= 0.6 is 12.4 Å². The van der Waals surface area contributed by atoms with E-state index in [1.807, 2.05) is 24.3 Å². The third-order valence-corrected chi connectivity index (χ3v) is 2.39. The maximum absolute atomic E-state index is 11.6. The monoisotopic (exact) mass is 274 g/mol. The molecule has 6 heteroatoms. The molecule has 5 nitrogen and oxygen atoms in total. The summed E-state index contributed by atoms with van der Waals surface area (Å²) in [5, 5.41) is 2.75. The summed E-state index contributed by atoms with van der Waals surface area (Å²) in [6.07, 6.45) is -0.597. The lowest BCUT2D eigenvalue weighted by Crippen LogP contribution is -2.40. The molecule has 1 unspecified atom stereocenters. The number of nitrogens with two attached hydrogens (primary N) is 1. The van der Waals surface area contributed by atoms with Gasteiger partial charge in [-0.05, 0) is 17.7 Å². The first kappa shape index (κ1) is 16.7. The van der Waals surface area contributed by atoms with Crippen molar-refractivity contribution in [3.63, 3.8) is 0 Å². The third-order valence-electron chi connectivity index (χ3n) is 2.39. The summed E-state index contributed by atoms with van der Waals surface area (Å²) < 4.78 is 10.0. The molecule has 0 radical (unpaired) electrons. The molecule has 0 fully saturated rings. The standard InChI is InChI=1S/C12H18N2O3.ClH/c1-16-10-5-3-4-9(6-10)8-14-12(15)11(7-13)17-2;/h3-6,11H,7-8,13H2,1-2H3,(H,14,15);1H. The Hall–Kier alpha value is -1.30. The second kappa shape index (κ2) is 8.74. The Kier molecular flexibility index (Phi) is 8.11. The second-order valence-corrected chi connectivity index (χ2v) is 3.53. The van der Waals surface area contributed by atoms with Gasteiger partial charge in [0.1, 0.15) is 11.9 Å². The molecule has 1 atom stereocenters. The summed E-state index contributed by atoms with van der Waals surface area (Å²) >= 11 is 0. The topological polar surface area (TPSA) is 73.6 Å². The number of benzene rings is 1. The van der Waals surface area contributed by atoms with Gasteiger partial charge < -0.3 is 20.5 Å². The zero-order valence-electron chi connectivity index (χ0n) is 10.5. The van der Waals surface area contributed by atoms with E-state index in [1.54, 1.807) is 7.11 Å². The van der Waals surface area contributed by atoms with Crippen molar-refractivity contribution in [1.29, 1.82) is 0 Å². The number of rotatable bonds is 6. The van der Waals surface area contributed by atoms with Crippen LogP contribution in [0.2, 0.25) is 0 Å². The Morgan fingerprint density at radius 1 is 1.44 bits per heavy atom. The predicted octanol–water partition coefficient (Wildman–Crippen LogP) is 0.707. The SMILES string of the molecule is COc1cccc(CNC(=O)C(CN)OC)c1.Cl. The highest BCUT2D eigenvalue weighted by atomic mass is 35.5. The molecule has 18 heavy (non-hydrogen) atoms. The predicted molar refractivity (Wildman–Crippen MR) is 71.9 cm³/mol. The fraction of sp³-hybridized carbons (Fsp3) is 0.417. The smallest absolute Gasteiger partial charge is 0.250 e. The van der Waals surface area contributed by atoms with E-state index in [0.717, 1.165) is 11.3 Å². The second-order valence-electron chi connectivity index (χ2n) is 3.53. The van der Waals surface area contributed by atoms with Crippen molar-refractivity contribution < 1.29 is 14.3 Å². The van der Waals surface area contributed by atoms with E-state index in [9.17, 15) is 4.79 Å². The average molecular weight is 275 g/mol. The average Bonchev–Trinajstić information content (AvgIpc) is 2.38. The molecular weight excluding hydrogens is 256 g/mol. The lowest BCUT2D eigenvalue weighted by Gasteiger charge is -2.13. The molecule has 1 aromatic rings. The molecule has 1 aromatic carbocycles. The molecule has 0 bridgehead atoms. The highest BCUT2D eigenvalue weighted by molar-refractivity contribution is 5.85. The van der Waals surface area contributed by atoms with Crippen LogP contribution in [0.5, 0.6) is 5.75 Å². The van der Waals surface area contributed by atoms with Gasteiger partial charge in [-0.15, -0.1) is 12.4 Å². The molecular formula is C12H19ClN2O3. The van der Waals surface area contributed by atoms with E-state index >= 15 is 0 Å². The number of nitrogens with one attached hydrogen (secondary N) is 1. The van der Waals surface area contributed by atoms with Crippen LogP contribution < -0.4 is 15.8 Å². The molecule has 1 rings (SSSR count). The maximum Gasteiger partial charge on any atom is 0.250 e. The fourth-order valence-electron chi connectivity index (χ4n) is 1.40. The van der Waals surface area contributed by atoms with Crippen LogP contribution in [0.3, 0.4) is 0 Å². The molecule has 0 aromatic heterocycles. The molecule has 0 spiro atoms. The number of hydrogen-bond acceptors (Lipinski definition) is 4. The molecule has 0 aliphatic carbocycles. The largest absolute Gasteiger partial charge is 0.497 e. The van der Waals surface area contributed by atoms with Gasteiger partial charge in [-0.2, -0.15) is 0 Å². The molecule has 102 valence electrons. The summed E-state index contributed by atoms with van der Waals surface area (Å²) in [7, 11) is 3.07. The van der Waals surface area contributed by atoms with Gasteiger partial charge in [0.2, 0.25) is 0 Å². The minimum absolute atomic E-state index is 0. The van der Waals surface area contributed by atoms with E-state index in [2.05, 4.69) is 5.32 Å². The lowest BCUT2D eigenvalue weighted by atomic mass is 10.2. The maximum atomic E-state index is 11.6. The number of ether oxygens (including phenoxy) is 2. The van der Waals surface area contributed by atoms with Gasteiger partial charge in [0.05, 0.1) is 7.11 Å².